The van der Waals surface area contributed by atoms with E-state index in [1.165, 1.54) is 4.31 Å². The predicted molar refractivity (Wildman–Crippen MR) is 88.3 cm³/mol. The van der Waals surface area contributed by atoms with Crippen molar-refractivity contribution in [2.75, 3.05) is 39.3 Å². The molecular weight excluding hydrogens is 286 g/mol. The van der Waals surface area contributed by atoms with Crippen molar-refractivity contribution in [1.29, 1.82) is 0 Å². The molecule has 0 spiro atoms. The molecule has 1 aliphatic heterocycles. The molecule has 5 nitrogen and oxygen atoms in total. The highest BCUT2D eigenvalue weighted by atomic mass is 32.2. The smallest absolute Gasteiger partial charge is 0.282 e. The second kappa shape index (κ2) is 9.35. The molecule has 0 saturated carbocycles. The number of nitrogens with one attached hydrogen (secondary N) is 1. The van der Waals surface area contributed by atoms with Crippen LogP contribution in [0, 0.1) is 5.92 Å². The van der Waals surface area contributed by atoms with Crippen LogP contribution in [0.2, 0.25) is 0 Å². The molecular formula is C15H29N3O2S. The summed E-state index contributed by atoms with van der Waals surface area (Å²) in [4.78, 5) is 0. The summed E-state index contributed by atoms with van der Waals surface area (Å²) >= 11 is 0. The molecule has 1 aliphatic rings. The van der Waals surface area contributed by atoms with E-state index in [1.807, 2.05) is 0 Å². The maximum absolute atomic E-state index is 12.6. The van der Waals surface area contributed by atoms with Crippen LogP contribution in [0.25, 0.3) is 0 Å². The molecule has 0 aromatic heterocycles. The van der Waals surface area contributed by atoms with Crippen LogP contribution in [0.15, 0.2) is 25.3 Å². The minimum Gasteiger partial charge on any atom is -0.316 e. The van der Waals surface area contributed by atoms with Gasteiger partial charge in [0.25, 0.3) is 10.2 Å². The predicted octanol–water partition coefficient (Wildman–Crippen LogP) is 1.62. The number of nitrogens with zero attached hydrogens (tertiary/aromatic N) is 2. The van der Waals surface area contributed by atoms with Gasteiger partial charge in [0.15, 0.2) is 0 Å². The van der Waals surface area contributed by atoms with Crippen molar-refractivity contribution in [2.45, 2.75) is 26.2 Å². The molecule has 0 unspecified atom stereocenters. The molecule has 0 aromatic rings. The van der Waals surface area contributed by atoms with Crippen molar-refractivity contribution in [3.05, 3.63) is 25.3 Å². The third-order valence-electron chi connectivity index (χ3n) is 3.75. The van der Waals surface area contributed by atoms with Crippen molar-refractivity contribution >= 4 is 10.2 Å². The average molecular weight is 315 g/mol. The molecule has 1 N–H and O–H groups in total. The number of hydrogen-bond acceptors (Lipinski definition) is 3. The van der Waals surface area contributed by atoms with Crippen LogP contribution in [0.4, 0.5) is 0 Å². The van der Waals surface area contributed by atoms with E-state index >= 15 is 0 Å². The Morgan fingerprint density at radius 3 is 2.29 bits per heavy atom. The number of rotatable bonds is 10. The minimum absolute atomic E-state index is 0.326. The summed E-state index contributed by atoms with van der Waals surface area (Å²) in [5.41, 5.74) is 0. The zero-order valence-corrected chi connectivity index (χ0v) is 13.9. The third kappa shape index (κ3) is 5.54. The Morgan fingerprint density at radius 1 is 1.24 bits per heavy atom. The van der Waals surface area contributed by atoms with Crippen molar-refractivity contribution < 1.29 is 8.42 Å². The van der Waals surface area contributed by atoms with Gasteiger partial charge < -0.3 is 5.32 Å². The van der Waals surface area contributed by atoms with Crippen LogP contribution in [0.1, 0.15) is 26.2 Å². The Labute approximate surface area is 129 Å². The van der Waals surface area contributed by atoms with Gasteiger partial charge in [-0.25, -0.2) is 0 Å². The zero-order chi connectivity index (χ0) is 15.7. The van der Waals surface area contributed by atoms with E-state index in [0.717, 1.165) is 32.4 Å². The highest BCUT2D eigenvalue weighted by Gasteiger charge is 2.31. The Hall–Kier alpha value is -0.690. The first-order valence-electron chi connectivity index (χ1n) is 7.74. The van der Waals surface area contributed by atoms with Crippen LogP contribution in [-0.2, 0) is 10.2 Å². The molecule has 1 heterocycles. The largest absolute Gasteiger partial charge is 0.316 e. The molecule has 0 aromatic carbocycles. The van der Waals surface area contributed by atoms with E-state index in [9.17, 15) is 8.42 Å². The molecule has 21 heavy (non-hydrogen) atoms. The molecule has 1 fully saturated rings. The quantitative estimate of drug-likeness (QED) is 0.492. The normalized spacial score (nSPS) is 18.0. The molecule has 1 rings (SSSR count). The van der Waals surface area contributed by atoms with Gasteiger partial charge in [-0.1, -0.05) is 19.1 Å². The maximum atomic E-state index is 12.6. The van der Waals surface area contributed by atoms with E-state index in [2.05, 4.69) is 25.4 Å². The van der Waals surface area contributed by atoms with E-state index < -0.39 is 10.2 Å². The fraction of sp³-hybridized carbons (Fsp3) is 0.733. The first-order chi connectivity index (χ1) is 10.1. The topological polar surface area (TPSA) is 52.7 Å². The van der Waals surface area contributed by atoms with Gasteiger partial charge in [-0.2, -0.15) is 17.0 Å². The summed E-state index contributed by atoms with van der Waals surface area (Å²) in [6, 6.07) is 0. The van der Waals surface area contributed by atoms with Crippen LogP contribution in [0.5, 0.6) is 0 Å². The number of piperidine rings is 1. The van der Waals surface area contributed by atoms with Gasteiger partial charge in [-0.3, -0.25) is 0 Å². The Bertz CT molecular complexity index is 405. The third-order valence-corrected chi connectivity index (χ3v) is 5.72. The van der Waals surface area contributed by atoms with E-state index in [0.29, 0.717) is 32.1 Å². The summed E-state index contributed by atoms with van der Waals surface area (Å²) in [6.45, 7) is 13.3. The lowest BCUT2D eigenvalue weighted by Crippen LogP contribution is -2.48. The van der Waals surface area contributed by atoms with Gasteiger partial charge in [0.2, 0.25) is 0 Å². The fourth-order valence-electron chi connectivity index (χ4n) is 2.54. The standard InChI is InChI=1S/C15H29N3O2S/c1-4-9-16-14-15-7-12-18(13-8-15)21(19,20)17(10-5-2)11-6-3/h5-6,15-16H,2-4,7-14H2,1H3. The highest BCUT2D eigenvalue weighted by molar-refractivity contribution is 7.86. The summed E-state index contributed by atoms with van der Waals surface area (Å²) in [5, 5.41) is 3.42. The van der Waals surface area contributed by atoms with Gasteiger partial charge in [-0.15, -0.1) is 13.2 Å². The van der Waals surface area contributed by atoms with Crippen LogP contribution in [-0.4, -0.2) is 56.3 Å². The lowest BCUT2D eigenvalue weighted by atomic mass is 9.98. The monoisotopic (exact) mass is 315 g/mol. The Balaban J connectivity index is 2.54. The molecule has 0 amide bonds. The maximum Gasteiger partial charge on any atom is 0.282 e. The van der Waals surface area contributed by atoms with Crippen molar-refractivity contribution in [2.24, 2.45) is 5.92 Å². The highest BCUT2D eigenvalue weighted by Crippen LogP contribution is 2.21. The van der Waals surface area contributed by atoms with Gasteiger partial charge in [-0.05, 0) is 38.3 Å². The van der Waals surface area contributed by atoms with Gasteiger partial charge in [0, 0.05) is 26.2 Å². The summed E-state index contributed by atoms with van der Waals surface area (Å²) in [6.07, 6.45) is 6.20. The van der Waals surface area contributed by atoms with Gasteiger partial charge >= 0.3 is 0 Å². The lowest BCUT2D eigenvalue weighted by molar-refractivity contribution is 0.254. The first-order valence-corrected chi connectivity index (χ1v) is 9.13. The summed E-state index contributed by atoms with van der Waals surface area (Å²) in [5.74, 6) is 0.579. The summed E-state index contributed by atoms with van der Waals surface area (Å²) in [7, 11) is -3.39. The second-order valence-electron chi connectivity index (χ2n) is 5.45. The molecule has 122 valence electrons. The SMILES string of the molecule is C=CCN(CC=C)S(=O)(=O)N1CCC(CNCCC)CC1. The second-order valence-corrected chi connectivity index (χ2v) is 7.38. The van der Waals surface area contributed by atoms with E-state index in [-0.39, 0.29) is 0 Å². The lowest BCUT2D eigenvalue weighted by Gasteiger charge is -2.34. The van der Waals surface area contributed by atoms with E-state index in [1.54, 1.807) is 16.5 Å². The molecule has 1 saturated heterocycles. The van der Waals surface area contributed by atoms with Crippen molar-refractivity contribution in [3.63, 3.8) is 0 Å². The average Bonchev–Trinajstić information content (AvgIpc) is 2.48. The summed E-state index contributed by atoms with van der Waals surface area (Å²) < 4.78 is 28.2. The first kappa shape index (κ1) is 18.4. The Kier molecular flexibility index (Phi) is 8.18. The minimum atomic E-state index is -3.39. The zero-order valence-electron chi connectivity index (χ0n) is 13.1. The fourth-order valence-corrected chi connectivity index (χ4v) is 4.13. The van der Waals surface area contributed by atoms with Crippen LogP contribution < -0.4 is 5.32 Å². The Morgan fingerprint density at radius 2 is 1.81 bits per heavy atom. The number of hydrogen-bond donors (Lipinski definition) is 1. The molecule has 0 bridgehead atoms. The van der Waals surface area contributed by atoms with Gasteiger partial charge in [0.05, 0.1) is 0 Å². The van der Waals surface area contributed by atoms with Crippen LogP contribution in [0.3, 0.4) is 0 Å². The van der Waals surface area contributed by atoms with E-state index in [4.69, 9.17) is 0 Å². The molecule has 0 aliphatic carbocycles. The molecule has 0 atom stereocenters. The molecule has 6 heteroatoms. The van der Waals surface area contributed by atoms with Crippen molar-refractivity contribution in [3.8, 4) is 0 Å². The van der Waals surface area contributed by atoms with Gasteiger partial charge in [0.1, 0.15) is 0 Å². The van der Waals surface area contributed by atoms with Crippen LogP contribution >= 0.6 is 0 Å². The molecule has 0 radical (unpaired) electrons. The van der Waals surface area contributed by atoms with Crippen molar-refractivity contribution in [1.82, 2.24) is 13.9 Å².